The Morgan fingerprint density at radius 2 is 2.22 bits per heavy atom. The number of aldehydes is 1. The first-order valence-corrected chi connectivity index (χ1v) is 3.14. The molecular formula is C6H14N2O. The Labute approximate surface area is 55.8 Å². The summed E-state index contributed by atoms with van der Waals surface area (Å²) in [6.07, 6.45) is 0.898. The zero-order chi connectivity index (χ0) is 7.11. The fourth-order valence-corrected chi connectivity index (χ4v) is 0.473. The van der Waals surface area contributed by atoms with E-state index in [1.165, 1.54) is 0 Å². The van der Waals surface area contributed by atoms with Crippen molar-refractivity contribution in [3.8, 4) is 0 Å². The van der Waals surface area contributed by atoms with Gasteiger partial charge in [-0.3, -0.25) is 0 Å². The fraction of sp³-hybridized carbons (Fsp3) is 0.833. The number of carbonyl (C=O) groups is 1. The van der Waals surface area contributed by atoms with Crippen molar-refractivity contribution in [3.05, 3.63) is 0 Å². The predicted octanol–water partition coefficient (Wildman–Crippen LogP) is -0.617. The Morgan fingerprint density at radius 1 is 1.56 bits per heavy atom. The summed E-state index contributed by atoms with van der Waals surface area (Å²) in [5.74, 6) is 0. The summed E-state index contributed by atoms with van der Waals surface area (Å²) in [4.78, 5) is 10.0. The van der Waals surface area contributed by atoms with Crippen molar-refractivity contribution in [3.63, 3.8) is 0 Å². The molecule has 0 bridgehead atoms. The Bertz CT molecular complexity index is 75.5. The van der Waals surface area contributed by atoms with Crippen LogP contribution in [0.5, 0.6) is 0 Å². The second-order valence-corrected chi connectivity index (χ2v) is 1.98. The van der Waals surface area contributed by atoms with E-state index >= 15 is 0 Å². The van der Waals surface area contributed by atoms with E-state index in [2.05, 4.69) is 10.6 Å². The molecule has 0 rings (SSSR count). The van der Waals surface area contributed by atoms with Crippen LogP contribution >= 0.6 is 0 Å². The monoisotopic (exact) mass is 130 g/mol. The number of carbonyl (C=O) groups excluding carboxylic acids is 1. The molecule has 0 saturated heterocycles. The van der Waals surface area contributed by atoms with Crippen LogP contribution in [-0.4, -0.2) is 32.5 Å². The van der Waals surface area contributed by atoms with E-state index in [1.807, 2.05) is 14.0 Å². The SMILES string of the molecule is CNCCNC(C)C=O. The lowest BCUT2D eigenvalue weighted by Gasteiger charge is -2.04. The van der Waals surface area contributed by atoms with Gasteiger partial charge >= 0.3 is 0 Å². The normalized spacial score (nSPS) is 13.1. The standard InChI is InChI=1S/C6H14N2O/c1-6(5-9)8-4-3-7-2/h5-8H,3-4H2,1-2H3. The minimum Gasteiger partial charge on any atom is -0.318 e. The van der Waals surface area contributed by atoms with Gasteiger partial charge in [-0.2, -0.15) is 0 Å². The minimum atomic E-state index is -0.0154. The van der Waals surface area contributed by atoms with E-state index in [-0.39, 0.29) is 6.04 Å². The lowest BCUT2D eigenvalue weighted by molar-refractivity contribution is -0.109. The predicted molar refractivity (Wildman–Crippen MR) is 37.5 cm³/mol. The maximum absolute atomic E-state index is 10.0. The second-order valence-electron chi connectivity index (χ2n) is 1.98. The van der Waals surface area contributed by atoms with Crippen molar-refractivity contribution < 1.29 is 4.79 Å². The molecule has 1 unspecified atom stereocenters. The van der Waals surface area contributed by atoms with Crippen molar-refractivity contribution in [2.75, 3.05) is 20.1 Å². The topological polar surface area (TPSA) is 41.1 Å². The lowest BCUT2D eigenvalue weighted by Crippen LogP contribution is -2.32. The molecule has 0 aliphatic carbocycles. The molecule has 1 atom stereocenters. The average Bonchev–Trinajstić information content (AvgIpc) is 1.89. The molecule has 0 aliphatic heterocycles. The Balaban J connectivity index is 2.96. The third kappa shape index (κ3) is 5.46. The number of rotatable bonds is 5. The quantitative estimate of drug-likeness (QED) is 0.385. The summed E-state index contributed by atoms with van der Waals surface area (Å²) in [5, 5.41) is 5.97. The molecule has 54 valence electrons. The van der Waals surface area contributed by atoms with Gasteiger partial charge in [0.25, 0.3) is 0 Å². The first kappa shape index (κ1) is 8.59. The maximum atomic E-state index is 10.0. The van der Waals surface area contributed by atoms with Gasteiger partial charge in [0.2, 0.25) is 0 Å². The van der Waals surface area contributed by atoms with E-state index < -0.39 is 0 Å². The molecule has 0 aromatic heterocycles. The van der Waals surface area contributed by atoms with E-state index in [0.29, 0.717) is 0 Å². The third-order valence-electron chi connectivity index (χ3n) is 1.05. The second kappa shape index (κ2) is 5.72. The molecular weight excluding hydrogens is 116 g/mol. The highest BCUT2D eigenvalue weighted by Gasteiger charge is 1.93. The van der Waals surface area contributed by atoms with Gasteiger partial charge < -0.3 is 15.4 Å². The highest BCUT2D eigenvalue weighted by Crippen LogP contribution is 1.69. The van der Waals surface area contributed by atoms with Gasteiger partial charge in [-0.15, -0.1) is 0 Å². The first-order valence-electron chi connectivity index (χ1n) is 3.14. The molecule has 2 N–H and O–H groups in total. The molecule has 9 heavy (non-hydrogen) atoms. The van der Waals surface area contributed by atoms with Crippen LogP contribution in [0.15, 0.2) is 0 Å². The number of nitrogens with one attached hydrogen (secondary N) is 2. The van der Waals surface area contributed by atoms with Crippen LogP contribution in [0.3, 0.4) is 0 Å². The van der Waals surface area contributed by atoms with Crippen LogP contribution in [0.25, 0.3) is 0 Å². The fourth-order valence-electron chi connectivity index (χ4n) is 0.473. The summed E-state index contributed by atoms with van der Waals surface area (Å²) in [5.41, 5.74) is 0. The highest BCUT2D eigenvalue weighted by molar-refractivity contribution is 5.56. The number of likely N-dealkylation sites (N-methyl/N-ethyl adjacent to an activating group) is 1. The average molecular weight is 130 g/mol. The molecule has 0 fully saturated rings. The molecule has 0 aliphatic rings. The Kier molecular flexibility index (Phi) is 5.46. The largest absolute Gasteiger partial charge is 0.318 e. The smallest absolute Gasteiger partial charge is 0.136 e. The molecule has 3 nitrogen and oxygen atoms in total. The highest BCUT2D eigenvalue weighted by atomic mass is 16.1. The van der Waals surface area contributed by atoms with Gasteiger partial charge in [0, 0.05) is 13.1 Å². The van der Waals surface area contributed by atoms with Gasteiger partial charge in [-0.05, 0) is 14.0 Å². The molecule has 0 aromatic carbocycles. The zero-order valence-corrected chi connectivity index (χ0v) is 5.98. The summed E-state index contributed by atoms with van der Waals surface area (Å²) in [7, 11) is 1.88. The van der Waals surface area contributed by atoms with Crippen molar-refractivity contribution in [2.24, 2.45) is 0 Å². The van der Waals surface area contributed by atoms with Crippen LogP contribution in [0, 0.1) is 0 Å². The summed E-state index contributed by atoms with van der Waals surface area (Å²) in [6, 6.07) is -0.0154. The minimum absolute atomic E-state index is 0.0154. The molecule has 0 saturated carbocycles. The van der Waals surface area contributed by atoms with Crippen molar-refractivity contribution in [2.45, 2.75) is 13.0 Å². The van der Waals surface area contributed by atoms with Crippen molar-refractivity contribution in [1.82, 2.24) is 10.6 Å². The summed E-state index contributed by atoms with van der Waals surface area (Å²) < 4.78 is 0. The van der Waals surface area contributed by atoms with Crippen molar-refractivity contribution in [1.29, 1.82) is 0 Å². The first-order chi connectivity index (χ1) is 4.31. The van der Waals surface area contributed by atoms with Gasteiger partial charge in [0.1, 0.15) is 6.29 Å². The van der Waals surface area contributed by atoms with E-state index in [9.17, 15) is 4.79 Å². The maximum Gasteiger partial charge on any atom is 0.136 e. The molecule has 0 spiro atoms. The zero-order valence-electron chi connectivity index (χ0n) is 5.98. The number of hydrogen-bond donors (Lipinski definition) is 2. The number of hydrogen-bond acceptors (Lipinski definition) is 3. The van der Waals surface area contributed by atoms with Gasteiger partial charge in [0.05, 0.1) is 6.04 Å². The van der Waals surface area contributed by atoms with E-state index in [4.69, 9.17) is 0 Å². The van der Waals surface area contributed by atoms with Gasteiger partial charge in [-0.25, -0.2) is 0 Å². The van der Waals surface area contributed by atoms with Crippen LogP contribution in [0.4, 0.5) is 0 Å². The van der Waals surface area contributed by atoms with E-state index in [1.54, 1.807) is 0 Å². The molecule has 0 heterocycles. The van der Waals surface area contributed by atoms with Crippen LogP contribution < -0.4 is 10.6 Å². The Morgan fingerprint density at radius 3 is 2.67 bits per heavy atom. The molecule has 0 radical (unpaired) electrons. The van der Waals surface area contributed by atoms with Gasteiger partial charge in [-0.1, -0.05) is 0 Å². The Hall–Kier alpha value is -0.410. The molecule has 3 heteroatoms. The lowest BCUT2D eigenvalue weighted by atomic mass is 10.4. The van der Waals surface area contributed by atoms with Crippen LogP contribution in [0.2, 0.25) is 0 Å². The molecule has 0 aromatic rings. The van der Waals surface area contributed by atoms with Crippen molar-refractivity contribution >= 4 is 6.29 Å². The van der Waals surface area contributed by atoms with Gasteiger partial charge in [0.15, 0.2) is 0 Å². The third-order valence-corrected chi connectivity index (χ3v) is 1.05. The van der Waals surface area contributed by atoms with Crippen LogP contribution in [0.1, 0.15) is 6.92 Å². The van der Waals surface area contributed by atoms with Crippen LogP contribution in [-0.2, 0) is 4.79 Å². The van der Waals surface area contributed by atoms with E-state index in [0.717, 1.165) is 19.4 Å². The summed E-state index contributed by atoms with van der Waals surface area (Å²) in [6.45, 7) is 3.58. The molecule has 0 amide bonds. The summed E-state index contributed by atoms with van der Waals surface area (Å²) >= 11 is 0.